The van der Waals surface area contributed by atoms with E-state index < -0.39 is 0 Å². The van der Waals surface area contributed by atoms with Crippen molar-refractivity contribution in [2.75, 3.05) is 78.5 Å². The number of nitrogens with zero attached hydrogens (tertiary/aromatic N) is 7. The maximum atomic E-state index is 12.5. The molecule has 0 bridgehead atoms. The van der Waals surface area contributed by atoms with E-state index in [9.17, 15) is 9.59 Å². The van der Waals surface area contributed by atoms with Gasteiger partial charge in [0.2, 0.25) is 11.8 Å². The first-order chi connectivity index (χ1) is 20.8. The van der Waals surface area contributed by atoms with Crippen LogP contribution < -0.4 is 19.6 Å². The first-order valence-electron chi connectivity index (χ1n) is 16.5. The van der Waals surface area contributed by atoms with Gasteiger partial charge in [0.1, 0.15) is 0 Å². The van der Waals surface area contributed by atoms with E-state index in [1.165, 1.54) is 35.5 Å². The van der Waals surface area contributed by atoms with Crippen LogP contribution in [0.25, 0.3) is 0 Å². The average molecular weight is 586 g/mol. The number of carbonyl (C=O) groups excluding carboxylic acids is 2. The van der Waals surface area contributed by atoms with Gasteiger partial charge in [-0.3, -0.25) is 14.6 Å². The minimum Gasteiger partial charge on any atom is -0.364 e. The van der Waals surface area contributed by atoms with Crippen molar-refractivity contribution in [3.8, 4) is 0 Å². The number of aromatic nitrogens is 1. The molecule has 0 spiro atoms. The lowest BCUT2D eigenvalue weighted by Gasteiger charge is -2.42. The first kappa shape index (κ1) is 28.6. The van der Waals surface area contributed by atoms with Crippen molar-refractivity contribution in [1.82, 2.24) is 14.8 Å². The highest BCUT2D eigenvalue weighted by molar-refractivity contribution is 6.05. The Kier molecular flexibility index (Phi) is 7.37. The lowest BCUT2D eigenvalue weighted by molar-refractivity contribution is -0.118. The van der Waals surface area contributed by atoms with Crippen molar-refractivity contribution >= 4 is 34.6 Å². The number of rotatable bonds is 3. The lowest BCUT2D eigenvalue weighted by Crippen LogP contribution is -2.52. The Balaban J connectivity index is 0.000000140. The molecule has 4 unspecified atom stereocenters. The van der Waals surface area contributed by atoms with Crippen molar-refractivity contribution in [3.63, 3.8) is 0 Å². The van der Waals surface area contributed by atoms with Crippen LogP contribution in [0.3, 0.4) is 0 Å². The number of anilines is 4. The van der Waals surface area contributed by atoms with Gasteiger partial charge in [0.15, 0.2) is 0 Å². The average Bonchev–Trinajstić information content (AvgIpc) is 3.51. The molecule has 9 heteroatoms. The molecule has 0 radical (unpaired) electrons. The zero-order valence-corrected chi connectivity index (χ0v) is 26.5. The summed E-state index contributed by atoms with van der Waals surface area (Å²) in [4.78, 5) is 42.7. The van der Waals surface area contributed by atoms with Gasteiger partial charge in [-0.1, -0.05) is 19.1 Å². The molecule has 7 heterocycles. The molecule has 2 amide bonds. The molecule has 43 heavy (non-hydrogen) atoms. The lowest BCUT2D eigenvalue weighted by atomic mass is 9.88. The van der Waals surface area contributed by atoms with Gasteiger partial charge in [-0.05, 0) is 51.8 Å². The van der Waals surface area contributed by atoms with Crippen LogP contribution in [-0.2, 0) is 9.59 Å². The third kappa shape index (κ3) is 4.53. The smallest absolute Gasteiger partial charge is 0.246 e. The molecular weight excluding hydrogens is 538 g/mol. The molecule has 230 valence electrons. The van der Waals surface area contributed by atoms with E-state index >= 15 is 0 Å². The Morgan fingerprint density at radius 1 is 0.884 bits per heavy atom. The van der Waals surface area contributed by atoms with Gasteiger partial charge < -0.3 is 29.4 Å². The van der Waals surface area contributed by atoms with Gasteiger partial charge in [-0.25, -0.2) is 0 Å². The van der Waals surface area contributed by atoms with Gasteiger partial charge in [-0.15, -0.1) is 0 Å². The molecule has 0 aliphatic carbocycles. The predicted octanol–water partition coefficient (Wildman–Crippen LogP) is 3.89. The molecule has 6 aliphatic rings. The largest absolute Gasteiger partial charge is 0.364 e. The number of carbonyl (C=O) groups is 2. The molecule has 2 aromatic rings. The Bertz CT molecular complexity index is 1410. The Hall–Kier alpha value is -3.17. The predicted molar refractivity (Wildman–Crippen MR) is 173 cm³/mol. The molecule has 9 nitrogen and oxygen atoms in total. The molecule has 6 aliphatic heterocycles. The summed E-state index contributed by atoms with van der Waals surface area (Å²) in [5, 5.41) is 0. The second-order valence-corrected chi connectivity index (χ2v) is 13.3. The molecular formula is C34H47N7O2. The number of hydrogen-bond acceptors (Lipinski definition) is 7. The van der Waals surface area contributed by atoms with Crippen LogP contribution in [0, 0.1) is 0 Å². The number of amides is 2. The fourth-order valence-electron chi connectivity index (χ4n) is 8.88. The highest BCUT2D eigenvalue weighted by Crippen LogP contribution is 2.52. The van der Waals surface area contributed by atoms with Gasteiger partial charge in [0, 0.05) is 94.5 Å². The van der Waals surface area contributed by atoms with Gasteiger partial charge in [0.05, 0.1) is 35.5 Å². The second-order valence-electron chi connectivity index (χ2n) is 13.3. The highest BCUT2D eigenvalue weighted by Gasteiger charge is 2.47. The zero-order valence-electron chi connectivity index (χ0n) is 26.5. The molecule has 8 rings (SSSR count). The maximum Gasteiger partial charge on any atom is 0.246 e. The minimum atomic E-state index is 0.120. The standard InChI is InChI=1S/C18H25N3O.C16H22N4O/c1-4-20-16-7-5-6-13-14-10-19(12(2)3)9-8-15(14)21(18(13)16)11-17(20)22;1-3-18-5-4-14-13(10-18)12-8-17-9-15-16(12)20(14)7-6-19(15)11(2)21/h5-7,12,14-15H,4,8-11H2,1-3H3;8-9,13-14H,3-7,10H2,1-2H3. The van der Waals surface area contributed by atoms with Gasteiger partial charge >= 0.3 is 0 Å². The molecule has 0 saturated carbocycles. The summed E-state index contributed by atoms with van der Waals surface area (Å²) in [5.41, 5.74) is 7.56. The van der Waals surface area contributed by atoms with E-state index in [0.29, 0.717) is 36.5 Å². The van der Waals surface area contributed by atoms with Crippen molar-refractivity contribution in [2.45, 2.75) is 77.4 Å². The number of likely N-dealkylation sites (N-methyl/N-ethyl adjacent to an activating group) is 2. The Labute approximate surface area is 256 Å². The quantitative estimate of drug-likeness (QED) is 0.542. The van der Waals surface area contributed by atoms with Crippen LogP contribution in [0.2, 0.25) is 0 Å². The Morgan fingerprint density at radius 2 is 1.63 bits per heavy atom. The Morgan fingerprint density at radius 3 is 2.37 bits per heavy atom. The first-order valence-corrected chi connectivity index (χ1v) is 16.5. The number of pyridine rings is 1. The number of para-hydroxylation sites is 1. The van der Waals surface area contributed by atoms with E-state index in [4.69, 9.17) is 0 Å². The van der Waals surface area contributed by atoms with E-state index in [-0.39, 0.29) is 11.8 Å². The minimum absolute atomic E-state index is 0.120. The van der Waals surface area contributed by atoms with E-state index in [2.05, 4.69) is 70.5 Å². The van der Waals surface area contributed by atoms with Crippen molar-refractivity contribution in [2.24, 2.45) is 0 Å². The molecule has 2 fully saturated rings. The third-order valence-electron chi connectivity index (χ3n) is 11.0. The van der Waals surface area contributed by atoms with Gasteiger partial charge in [-0.2, -0.15) is 0 Å². The second kappa shape index (κ2) is 11.1. The van der Waals surface area contributed by atoms with Crippen LogP contribution in [0.1, 0.15) is 70.4 Å². The summed E-state index contributed by atoms with van der Waals surface area (Å²) in [6, 6.07) is 8.23. The SMILES string of the molecule is CCN1C(=O)CN2c3c(cccc31)C1CN(C(C)C)CCC12.CCN1CCC2C(C1)c1cncc3c1N2CCN3C(C)=O. The van der Waals surface area contributed by atoms with Crippen LogP contribution in [-0.4, -0.2) is 104 Å². The van der Waals surface area contributed by atoms with Crippen molar-refractivity contribution in [1.29, 1.82) is 0 Å². The molecule has 0 N–H and O–H groups in total. The summed E-state index contributed by atoms with van der Waals surface area (Å²) in [7, 11) is 0. The number of likely N-dealkylation sites (tertiary alicyclic amines) is 2. The zero-order chi connectivity index (χ0) is 30.0. The monoisotopic (exact) mass is 585 g/mol. The van der Waals surface area contributed by atoms with E-state index in [0.717, 1.165) is 63.6 Å². The summed E-state index contributed by atoms with van der Waals surface area (Å²) >= 11 is 0. The highest BCUT2D eigenvalue weighted by atomic mass is 16.2. The normalized spacial score (nSPS) is 27.4. The van der Waals surface area contributed by atoms with Crippen LogP contribution in [0.4, 0.5) is 22.7 Å². The molecule has 4 atom stereocenters. The number of benzene rings is 1. The number of hydrogen-bond donors (Lipinski definition) is 0. The third-order valence-corrected chi connectivity index (χ3v) is 11.0. The fraction of sp³-hybridized carbons (Fsp3) is 0.618. The van der Waals surface area contributed by atoms with Gasteiger partial charge in [0.25, 0.3) is 0 Å². The van der Waals surface area contributed by atoms with Crippen molar-refractivity contribution < 1.29 is 9.59 Å². The van der Waals surface area contributed by atoms with Crippen LogP contribution in [0.5, 0.6) is 0 Å². The van der Waals surface area contributed by atoms with E-state index in [1.807, 2.05) is 22.2 Å². The maximum absolute atomic E-state index is 12.5. The molecule has 2 saturated heterocycles. The number of fused-ring (bicyclic) bond motifs is 6. The van der Waals surface area contributed by atoms with Crippen LogP contribution >= 0.6 is 0 Å². The summed E-state index contributed by atoms with van der Waals surface area (Å²) in [5.74, 6) is 1.47. The number of piperidine rings is 2. The topological polar surface area (TPSA) is 66.5 Å². The fourth-order valence-corrected chi connectivity index (χ4v) is 8.88. The molecule has 1 aromatic carbocycles. The molecule has 1 aromatic heterocycles. The van der Waals surface area contributed by atoms with E-state index in [1.54, 1.807) is 6.92 Å². The summed E-state index contributed by atoms with van der Waals surface area (Å²) in [6.45, 7) is 19.3. The van der Waals surface area contributed by atoms with Crippen molar-refractivity contribution in [3.05, 3.63) is 41.7 Å². The summed E-state index contributed by atoms with van der Waals surface area (Å²) < 4.78 is 0. The summed E-state index contributed by atoms with van der Waals surface area (Å²) in [6.07, 6.45) is 6.27. The van der Waals surface area contributed by atoms with Crippen LogP contribution in [0.15, 0.2) is 30.6 Å².